The summed E-state index contributed by atoms with van der Waals surface area (Å²) in [5.74, 6) is -0.636. The zero-order chi connectivity index (χ0) is 23.6. The number of aromatic carboxylic acids is 1. The van der Waals surface area contributed by atoms with E-state index in [0.717, 1.165) is 0 Å². The van der Waals surface area contributed by atoms with Crippen molar-refractivity contribution in [2.24, 2.45) is 11.8 Å². The Hall–Kier alpha value is -2.42. The Morgan fingerprint density at radius 3 is 1.76 bits per heavy atom. The van der Waals surface area contributed by atoms with Crippen LogP contribution in [0, 0.1) is 18.8 Å². The summed E-state index contributed by atoms with van der Waals surface area (Å²) < 4.78 is 16.8. The van der Waals surface area contributed by atoms with Crippen LogP contribution in [-0.4, -0.2) is 42.2 Å². The van der Waals surface area contributed by atoms with Crippen molar-refractivity contribution in [2.75, 3.05) is 20.3 Å². The second kappa shape index (κ2) is 11.1. The van der Waals surface area contributed by atoms with Crippen LogP contribution in [0.2, 0.25) is 0 Å². The number of esters is 1. The molecule has 0 fully saturated rings. The molecule has 0 aliphatic rings. The molecule has 1 aromatic carbocycles. The Morgan fingerprint density at radius 1 is 0.879 bits per heavy atom. The second-order valence-corrected chi connectivity index (χ2v) is 8.49. The summed E-state index contributed by atoms with van der Waals surface area (Å²) in [4.78, 5) is 32.5. The summed E-state index contributed by atoms with van der Waals surface area (Å²) in [6, 6.07) is 4.73. The quantitative estimate of drug-likeness (QED) is 0.267. The van der Waals surface area contributed by atoms with Gasteiger partial charge in [-0.2, -0.15) is 0 Å². The molecule has 8 nitrogen and oxygen atoms in total. The van der Waals surface area contributed by atoms with Gasteiger partial charge in [-0.3, -0.25) is 0 Å². The van der Waals surface area contributed by atoms with Gasteiger partial charge in [-0.1, -0.05) is 27.7 Å². The van der Waals surface area contributed by atoms with E-state index < -0.39 is 11.9 Å². The summed E-state index contributed by atoms with van der Waals surface area (Å²) in [7, 11) is 1.28. The van der Waals surface area contributed by atoms with Crippen molar-refractivity contribution in [3.05, 3.63) is 35.2 Å². The number of carboxylic acids is 1. The number of fused-ring (bicyclic) bond motifs is 2. The van der Waals surface area contributed by atoms with E-state index in [-0.39, 0.29) is 52.8 Å². The second-order valence-electron chi connectivity index (χ2n) is 8.49. The third-order valence-corrected chi connectivity index (χ3v) is 4.79. The van der Waals surface area contributed by atoms with Gasteiger partial charge in [0.15, 0.2) is 5.69 Å². The monoisotopic (exact) mass is 462 g/mol. The number of rotatable bonds is 8. The Bertz CT molecular complexity index is 1190. The van der Waals surface area contributed by atoms with Crippen molar-refractivity contribution in [2.45, 2.75) is 34.6 Å². The number of nitrogens with zero attached hydrogens (tertiary/aromatic N) is 2. The fourth-order valence-electron chi connectivity index (χ4n) is 3.24. The van der Waals surface area contributed by atoms with Crippen LogP contribution in [-0.2, 0) is 4.74 Å². The first-order chi connectivity index (χ1) is 15.1. The zero-order valence-corrected chi connectivity index (χ0v) is 22.1. The van der Waals surface area contributed by atoms with Crippen molar-refractivity contribution in [3.8, 4) is 11.5 Å². The first-order valence-electron chi connectivity index (χ1n) is 10.5. The summed E-state index contributed by atoms with van der Waals surface area (Å²) in [6.45, 7) is 10.7. The molecular formula is C24H27N2NaO6. The molecule has 0 bridgehead atoms. The largest absolute Gasteiger partial charge is 1.00 e. The number of aromatic nitrogens is 2. The SMILES string of the molecule is COC(=O)c1cc(OCC(C)C)c2cc3c(OCC(C)C)cc(C(=O)[O-])nc3c(C)c2n1.[Na+]. The molecule has 0 amide bonds. The van der Waals surface area contributed by atoms with Crippen molar-refractivity contribution < 1.29 is 58.5 Å². The van der Waals surface area contributed by atoms with Gasteiger partial charge in [-0.25, -0.2) is 14.8 Å². The van der Waals surface area contributed by atoms with E-state index in [0.29, 0.717) is 52.1 Å². The van der Waals surface area contributed by atoms with Crippen molar-refractivity contribution in [1.82, 2.24) is 9.97 Å². The van der Waals surface area contributed by atoms with Gasteiger partial charge in [0.1, 0.15) is 11.5 Å². The summed E-state index contributed by atoms with van der Waals surface area (Å²) >= 11 is 0. The first-order valence-corrected chi connectivity index (χ1v) is 10.5. The number of pyridine rings is 2. The molecule has 2 heterocycles. The predicted molar refractivity (Wildman–Crippen MR) is 118 cm³/mol. The molecule has 0 spiro atoms. The molecule has 0 unspecified atom stereocenters. The molecular weight excluding hydrogens is 435 g/mol. The molecule has 0 aliphatic heterocycles. The average molecular weight is 462 g/mol. The third-order valence-electron chi connectivity index (χ3n) is 4.79. The number of carbonyl (C=O) groups is 2. The van der Waals surface area contributed by atoms with Gasteiger partial charge >= 0.3 is 35.5 Å². The van der Waals surface area contributed by atoms with E-state index in [1.165, 1.54) is 13.2 Å². The van der Waals surface area contributed by atoms with E-state index in [1.807, 2.05) is 33.8 Å². The number of carboxylic acid groups (broad SMARTS) is 1. The van der Waals surface area contributed by atoms with Crippen LogP contribution in [0.15, 0.2) is 18.2 Å². The fraction of sp³-hybridized carbons (Fsp3) is 0.417. The van der Waals surface area contributed by atoms with Crippen LogP contribution in [0.5, 0.6) is 11.5 Å². The maximum absolute atomic E-state index is 12.2. The molecule has 0 saturated carbocycles. The van der Waals surface area contributed by atoms with Gasteiger partial charge in [0.05, 0.1) is 43.0 Å². The molecule has 0 saturated heterocycles. The summed E-state index contributed by atoms with van der Waals surface area (Å²) in [5, 5.41) is 12.9. The van der Waals surface area contributed by atoms with E-state index in [1.54, 1.807) is 13.0 Å². The molecule has 170 valence electrons. The van der Waals surface area contributed by atoms with Crippen LogP contribution in [0.1, 0.15) is 54.2 Å². The maximum atomic E-state index is 12.2. The number of carbonyl (C=O) groups excluding carboxylic acids is 2. The number of benzene rings is 1. The minimum absolute atomic E-state index is 0. The number of methoxy groups -OCH3 is 1. The molecule has 0 atom stereocenters. The molecule has 3 rings (SSSR count). The smallest absolute Gasteiger partial charge is 0.543 e. The number of aryl methyl sites for hydroxylation is 1. The van der Waals surface area contributed by atoms with Crippen molar-refractivity contribution in [3.63, 3.8) is 0 Å². The minimum Gasteiger partial charge on any atom is -0.543 e. The summed E-state index contributed by atoms with van der Waals surface area (Å²) in [5.41, 5.74) is 1.32. The molecule has 33 heavy (non-hydrogen) atoms. The van der Waals surface area contributed by atoms with Gasteiger partial charge in [0.2, 0.25) is 0 Å². The van der Waals surface area contributed by atoms with E-state index in [4.69, 9.17) is 14.2 Å². The Morgan fingerprint density at radius 2 is 1.33 bits per heavy atom. The number of hydrogen-bond acceptors (Lipinski definition) is 8. The zero-order valence-electron chi connectivity index (χ0n) is 20.1. The molecule has 0 radical (unpaired) electrons. The van der Waals surface area contributed by atoms with Gasteiger partial charge < -0.3 is 24.1 Å². The molecule has 0 N–H and O–H groups in total. The van der Waals surface area contributed by atoms with Gasteiger partial charge in [-0.05, 0) is 24.8 Å². The van der Waals surface area contributed by atoms with Crippen LogP contribution >= 0.6 is 0 Å². The topological polar surface area (TPSA) is 111 Å². The Kier molecular flexibility index (Phi) is 9.05. The van der Waals surface area contributed by atoms with Crippen LogP contribution < -0.4 is 44.1 Å². The standard InChI is InChI=1S/C24H28N2O6.Na/c1-12(2)10-31-19-8-17(23(27)28)25-21-14(5)22-16(7-15(19)21)20(32-11-13(3)4)9-18(26-22)24(29)30-6;/h7-9,12-13H,10-11H2,1-6H3,(H,27,28);/q;+1/p-1. The molecule has 2 aromatic heterocycles. The first kappa shape index (κ1) is 26.8. The molecule has 3 aromatic rings. The minimum atomic E-state index is -1.40. The van der Waals surface area contributed by atoms with Gasteiger partial charge in [0.25, 0.3) is 0 Å². The number of hydrogen-bond donors (Lipinski definition) is 0. The van der Waals surface area contributed by atoms with Crippen LogP contribution in [0.25, 0.3) is 21.8 Å². The number of ether oxygens (including phenoxy) is 3. The van der Waals surface area contributed by atoms with Crippen molar-refractivity contribution >= 4 is 33.7 Å². The third kappa shape index (κ3) is 5.93. The van der Waals surface area contributed by atoms with E-state index in [2.05, 4.69) is 9.97 Å². The van der Waals surface area contributed by atoms with E-state index in [9.17, 15) is 14.7 Å². The van der Waals surface area contributed by atoms with Gasteiger partial charge in [0, 0.05) is 28.5 Å². The van der Waals surface area contributed by atoms with Crippen LogP contribution in [0.4, 0.5) is 0 Å². The average Bonchev–Trinajstić information content (AvgIpc) is 2.75. The van der Waals surface area contributed by atoms with Crippen molar-refractivity contribution in [1.29, 1.82) is 0 Å². The summed E-state index contributed by atoms with van der Waals surface area (Å²) in [6.07, 6.45) is 0. The van der Waals surface area contributed by atoms with E-state index >= 15 is 0 Å². The molecule has 0 aliphatic carbocycles. The predicted octanol–water partition coefficient (Wildman–Crippen LogP) is 0.315. The Balaban J connectivity index is 0.00000385. The maximum Gasteiger partial charge on any atom is 1.00 e. The Labute approximate surface area is 214 Å². The van der Waals surface area contributed by atoms with Gasteiger partial charge in [-0.15, -0.1) is 0 Å². The fourth-order valence-corrected chi connectivity index (χ4v) is 3.24. The normalized spacial score (nSPS) is 11.0. The van der Waals surface area contributed by atoms with Crippen LogP contribution in [0.3, 0.4) is 0 Å². The molecule has 9 heteroatoms.